The molecule has 1 aromatic rings. The molecule has 1 aromatic heterocycles. The summed E-state index contributed by atoms with van der Waals surface area (Å²) in [6.07, 6.45) is 6.68. The van der Waals surface area contributed by atoms with Crippen LogP contribution in [0.5, 0.6) is 0 Å². The molecule has 78 valence electrons. The Morgan fingerprint density at radius 1 is 1.57 bits per heavy atom. The zero-order valence-corrected chi connectivity index (χ0v) is 9.25. The highest BCUT2D eigenvalue weighted by Crippen LogP contribution is 2.44. The molecule has 0 aromatic carbocycles. The lowest BCUT2D eigenvalue weighted by atomic mass is 10.1. The molecule has 1 aliphatic carbocycles. The summed E-state index contributed by atoms with van der Waals surface area (Å²) in [5, 5.41) is 7.77. The molecule has 1 saturated carbocycles. The topological polar surface area (TPSA) is 29.9 Å². The van der Waals surface area contributed by atoms with E-state index in [1.165, 1.54) is 18.4 Å². The summed E-state index contributed by atoms with van der Waals surface area (Å²) in [6, 6.07) is 0. The van der Waals surface area contributed by atoms with Crippen LogP contribution in [0.25, 0.3) is 0 Å². The number of nitrogens with zero attached hydrogens (tertiary/aromatic N) is 2. The van der Waals surface area contributed by atoms with Crippen LogP contribution < -0.4 is 5.32 Å². The first-order valence-electron chi connectivity index (χ1n) is 5.38. The van der Waals surface area contributed by atoms with Crippen LogP contribution in [0.3, 0.4) is 0 Å². The number of hydrogen-bond acceptors (Lipinski definition) is 2. The van der Waals surface area contributed by atoms with Crippen molar-refractivity contribution in [3.05, 3.63) is 18.0 Å². The molecule has 0 saturated heterocycles. The van der Waals surface area contributed by atoms with E-state index in [1.807, 2.05) is 13.2 Å². The third-order valence-electron chi connectivity index (χ3n) is 2.97. The van der Waals surface area contributed by atoms with Crippen molar-refractivity contribution >= 4 is 0 Å². The molecule has 3 nitrogen and oxygen atoms in total. The van der Waals surface area contributed by atoms with E-state index in [0.717, 1.165) is 6.54 Å². The molecule has 3 heteroatoms. The summed E-state index contributed by atoms with van der Waals surface area (Å²) >= 11 is 0. The minimum atomic E-state index is 0.259. The van der Waals surface area contributed by atoms with Gasteiger partial charge in [-0.25, -0.2) is 0 Å². The van der Waals surface area contributed by atoms with Crippen LogP contribution in [0.4, 0.5) is 0 Å². The SMILES string of the molecule is CNC1(c2cnn(CC(C)C)c2)CC1. The van der Waals surface area contributed by atoms with E-state index in [1.54, 1.807) is 0 Å². The molecular weight excluding hydrogens is 174 g/mol. The highest BCUT2D eigenvalue weighted by atomic mass is 15.3. The average Bonchev–Trinajstić information content (AvgIpc) is 2.81. The third kappa shape index (κ3) is 1.69. The highest BCUT2D eigenvalue weighted by molar-refractivity contribution is 5.25. The van der Waals surface area contributed by atoms with Crippen LogP contribution in [0, 0.1) is 5.92 Å². The minimum absolute atomic E-state index is 0.259. The van der Waals surface area contributed by atoms with Gasteiger partial charge in [-0.3, -0.25) is 4.68 Å². The molecule has 0 amide bonds. The van der Waals surface area contributed by atoms with E-state index >= 15 is 0 Å². The molecule has 0 bridgehead atoms. The Hall–Kier alpha value is -0.830. The molecule has 0 aliphatic heterocycles. The van der Waals surface area contributed by atoms with Gasteiger partial charge in [0.15, 0.2) is 0 Å². The summed E-state index contributed by atoms with van der Waals surface area (Å²) in [5.74, 6) is 0.660. The van der Waals surface area contributed by atoms with Gasteiger partial charge in [-0.05, 0) is 25.8 Å². The molecule has 0 radical (unpaired) electrons. The molecule has 1 heterocycles. The number of nitrogens with one attached hydrogen (secondary N) is 1. The lowest BCUT2D eigenvalue weighted by molar-refractivity contribution is 0.481. The number of aromatic nitrogens is 2. The van der Waals surface area contributed by atoms with Crippen molar-refractivity contribution in [2.24, 2.45) is 5.92 Å². The van der Waals surface area contributed by atoms with Crippen molar-refractivity contribution in [3.63, 3.8) is 0 Å². The average molecular weight is 193 g/mol. The minimum Gasteiger partial charge on any atom is -0.310 e. The molecule has 0 spiro atoms. The Labute approximate surface area is 85.5 Å². The Bertz CT molecular complexity index is 310. The number of rotatable bonds is 4. The summed E-state index contributed by atoms with van der Waals surface area (Å²) < 4.78 is 2.05. The van der Waals surface area contributed by atoms with Crippen molar-refractivity contribution in [3.8, 4) is 0 Å². The first-order chi connectivity index (χ1) is 6.66. The van der Waals surface area contributed by atoms with Crippen LogP contribution >= 0.6 is 0 Å². The van der Waals surface area contributed by atoms with Gasteiger partial charge >= 0.3 is 0 Å². The van der Waals surface area contributed by atoms with Gasteiger partial charge in [0.2, 0.25) is 0 Å². The normalized spacial score (nSPS) is 18.9. The number of hydrogen-bond donors (Lipinski definition) is 1. The third-order valence-corrected chi connectivity index (χ3v) is 2.97. The van der Waals surface area contributed by atoms with Crippen LogP contribution in [-0.4, -0.2) is 16.8 Å². The van der Waals surface area contributed by atoms with Crippen LogP contribution in [0.15, 0.2) is 12.4 Å². The molecule has 1 fully saturated rings. The first-order valence-corrected chi connectivity index (χ1v) is 5.38. The van der Waals surface area contributed by atoms with Crippen molar-refractivity contribution < 1.29 is 0 Å². The smallest absolute Gasteiger partial charge is 0.0540 e. The van der Waals surface area contributed by atoms with E-state index in [0.29, 0.717) is 5.92 Å². The zero-order chi connectivity index (χ0) is 10.2. The maximum Gasteiger partial charge on any atom is 0.0540 e. The lowest BCUT2D eigenvalue weighted by Crippen LogP contribution is -2.23. The molecular formula is C11H19N3. The van der Waals surface area contributed by atoms with Gasteiger partial charge in [-0.2, -0.15) is 5.10 Å². The van der Waals surface area contributed by atoms with Crippen LogP contribution in [0.2, 0.25) is 0 Å². The van der Waals surface area contributed by atoms with Gasteiger partial charge in [-0.1, -0.05) is 13.8 Å². The maximum atomic E-state index is 4.39. The fourth-order valence-corrected chi connectivity index (χ4v) is 1.89. The van der Waals surface area contributed by atoms with Gasteiger partial charge in [-0.15, -0.1) is 0 Å². The molecule has 1 aliphatic rings. The Balaban J connectivity index is 2.10. The van der Waals surface area contributed by atoms with E-state index < -0.39 is 0 Å². The Morgan fingerprint density at radius 3 is 2.79 bits per heavy atom. The summed E-state index contributed by atoms with van der Waals surface area (Å²) in [5.41, 5.74) is 1.61. The summed E-state index contributed by atoms with van der Waals surface area (Å²) in [6.45, 7) is 5.44. The lowest BCUT2D eigenvalue weighted by Gasteiger charge is -2.10. The van der Waals surface area contributed by atoms with Crippen LogP contribution in [-0.2, 0) is 12.1 Å². The van der Waals surface area contributed by atoms with E-state index in [9.17, 15) is 0 Å². The zero-order valence-electron chi connectivity index (χ0n) is 9.25. The first kappa shape index (κ1) is 9.71. The highest BCUT2D eigenvalue weighted by Gasteiger charge is 2.43. The van der Waals surface area contributed by atoms with Gasteiger partial charge in [0.1, 0.15) is 0 Å². The standard InChI is InChI=1S/C11H19N3/c1-9(2)7-14-8-10(6-13-14)11(12-3)4-5-11/h6,8-9,12H,4-5,7H2,1-3H3. The largest absolute Gasteiger partial charge is 0.310 e. The van der Waals surface area contributed by atoms with Gasteiger partial charge in [0.25, 0.3) is 0 Å². The van der Waals surface area contributed by atoms with Gasteiger partial charge in [0.05, 0.1) is 6.20 Å². The van der Waals surface area contributed by atoms with E-state index in [2.05, 4.69) is 35.1 Å². The second-order valence-electron chi connectivity index (χ2n) is 4.68. The van der Waals surface area contributed by atoms with Gasteiger partial charge < -0.3 is 5.32 Å². The van der Waals surface area contributed by atoms with Crippen molar-refractivity contribution in [1.82, 2.24) is 15.1 Å². The van der Waals surface area contributed by atoms with Crippen molar-refractivity contribution in [2.45, 2.75) is 38.8 Å². The monoisotopic (exact) mass is 193 g/mol. The van der Waals surface area contributed by atoms with Gasteiger partial charge in [0, 0.05) is 23.8 Å². The Morgan fingerprint density at radius 2 is 2.29 bits per heavy atom. The van der Waals surface area contributed by atoms with Crippen molar-refractivity contribution in [2.75, 3.05) is 7.05 Å². The fraction of sp³-hybridized carbons (Fsp3) is 0.727. The second-order valence-corrected chi connectivity index (χ2v) is 4.68. The van der Waals surface area contributed by atoms with Crippen LogP contribution in [0.1, 0.15) is 32.3 Å². The van der Waals surface area contributed by atoms with E-state index in [-0.39, 0.29) is 5.54 Å². The second kappa shape index (κ2) is 3.39. The maximum absolute atomic E-state index is 4.39. The fourth-order valence-electron chi connectivity index (χ4n) is 1.89. The predicted molar refractivity (Wildman–Crippen MR) is 57.0 cm³/mol. The summed E-state index contributed by atoms with van der Waals surface area (Å²) in [7, 11) is 2.03. The van der Waals surface area contributed by atoms with E-state index in [4.69, 9.17) is 0 Å². The molecule has 0 atom stereocenters. The quantitative estimate of drug-likeness (QED) is 0.789. The molecule has 2 rings (SSSR count). The molecule has 0 unspecified atom stereocenters. The molecule has 14 heavy (non-hydrogen) atoms. The Kier molecular flexibility index (Phi) is 2.35. The predicted octanol–water partition coefficient (Wildman–Crippen LogP) is 1.75. The van der Waals surface area contributed by atoms with Crippen molar-refractivity contribution in [1.29, 1.82) is 0 Å². The molecule has 1 N–H and O–H groups in total. The summed E-state index contributed by atoms with van der Waals surface area (Å²) in [4.78, 5) is 0.